The van der Waals surface area contributed by atoms with Gasteiger partial charge in [-0.1, -0.05) is 17.7 Å². The quantitative estimate of drug-likeness (QED) is 0.930. The molecule has 0 bridgehead atoms. The Labute approximate surface area is 125 Å². The second kappa shape index (κ2) is 6.46. The molecule has 20 heavy (non-hydrogen) atoms. The molecule has 1 heterocycles. The summed E-state index contributed by atoms with van der Waals surface area (Å²) in [7, 11) is 0. The minimum atomic E-state index is -0.533. The molecule has 1 aromatic carbocycles. The average molecular weight is 297 g/mol. The summed E-state index contributed by atoms with van der Waals surface area (Å²) in [5.74, 6) is 0.576. The second-order valence-corrected chi connectivity index (χ2v) is 5.69. The number of nitrogens with one attached hydrogen (secondary N) is 1. The van der Waals surface area contributed by atoms with Gasteiger partial charge in [-0.05, 0) is 38.5 Å². The number of halogens is 1. The van der Waals surface area contributed by atoms with Gasteiger partial charge >= 0.3 is 0 Å². The minimum absolute atomic E-state index is 0.0107. The highest BCUT2D eigenvalue weighted by atomic mass is 35.5. The van der Waals surface area contributed by atoms with Gasteiger partial charge in [0.1, 0.15) is 5.75 Å². The predicted octanol–water partition coefficient (Wildman–Crippen LogP) is 2.24. The maximum atomic E-state index is 12.4. The lowest BCUT2D eigenvalue weighted by atomic mass is 10.2. The fourth-order valence-corrected chi connectivity index (χ4v) is 2.51. The van der Waals surface area contributed by atoms with Crippen LogP contribution in [0.3, 0.4) is 0 Å². The van der Waals surface area contributed by atoms with Crippen LogP contribution in [0.1, 0.15) is 19.4 Å². The first-order valence-electron chi connectivity index (χ1n) is 6.93. The molecule has 1 aromatic rings. The number of rotatable bonds is 3. The normalized spacial score (nSPS) is 20.6. The summed E-state index contributed by atoms with van der Waals surface area (Å²) in [5.41, 5.74) is 1.06. The van der Waals surface area contributed by atoms with Crippen molar-refractivity contribution in [2.24, 2.45) is 0 Å². The number of amides is 1. The van der Waals surface area contributed by atoms with Crippen LogP contribution < -0.4 is 10.1 Å². The van der Waals surface area contributed by atoms with Crippen molar-refractivity contribution in [3.8, 4) is 5.75 Å². The summed E-state index contributed by atoms with van der Waals surface area (Å²) < 4.78 is 5.75. The summed E-state index contributed by atoms with van der Waals surface area (Å²) in [5, 5.41) is 3.80. The zero-order valence-corrected chi connectivity index (χ0v) is 12.9. The molecule has 2 atom stereocenters. The molecule has 4 nitrogen and oxygen atoms in total. The van der Waals surface area contributed by atoms with Crippen molar-refractivity contribution in [3.05, 3.63) is 28.8 Å². The van der Waals surface area contributed by atoms with Gasteiger partial charge in [0.25, 0.3) is 5.91 Å². The first kappa shape index (κ1) is 15.1. The van der Waals surface area contributed by atoms with Crippen LogP contribution in [0.2, 0.25) is 5.02 Å². The highest BCUT2D eigenvalue weighted by molar-refractivity contribution is 6.32. The Balaban J connectivity index is 2.05. The first-order valence-corrected chi connectivity index (χ1v) is 7.31. The van der Waals surface area contributed by atoms with E-state index >= 15 is 0 Å². The second-order valence-electron chi connectivity index (χ2n) is 5.28. The molecular weight excluding hydrogens is 276 g/mol. The largest absolute Gasteiger partial charge is 0.479 e. The zero-order chi connectivity index (χ0) is 14.7. The Morgan fingerprint density at radius 1 is 1.55 bits per heavy atom. The van der Waals surface area contributed by atoms with Gasteiger partial charge in [0.2, 0.25) is 0 Å². The van der Waals surface area contributed by atoms with E-state index in [0.717, 1.165) is 25.2 Å². The Bertz CT molecular complexity index is 493. The van der Waals surface area contributed by atoms with Crippen molar-refractivity contribution < 1.29 is 9.53 Å². The SMILES string of the molecule is Cc1ccc(Cl)c(OC(C)C(=O)N2CCNC[C@@H]2C)c1. The summed E-state index contributed by atoms with van der Waals surface area (Å²) in [6.45, 7) is 8.15. The van der Waals surface area contributed by atoms with Crippen molar-refractivity contribution in [2.45, 2.75) is 32.9 Å². The molecule has 2 rings (SSSR count). The standard InChI is InChI=1S/C15H21ClN2O2/c1-10-4-5-13(16)14(8-10)20-12(3)15(19)18-7-6-17-9-11(18)2/h4-5,8,11-12,17H,6-7,9H2,1-3H3/t11-,12?/m0/s1. The van der Waals surface area contributed by atoms with Crippen LogP contribution >= 0.6 is 11.6 Å². The molecule has 5 heteroatoms. The van der Waals surface area contributed by atoms with Crippen molar-refractivity contribution in [1.29, 1.82) is 0 Å². The third-order valence-corrected chi connectivity index (χ3v) is 3.83. The molecule has 1 N–H and O–H groups in total. The van der Waals surface area contributed by atoms with Gasteiger partial charge in [-0.15, -0.1) is 0 Å². The lowest BCUT2D eigenvalue weighted by molar-refractivity contribution is -0.140. The van der Waals surface area contributed by atoms with E-state index in [2.05, 4.69) is 5.32 Å². The number of piperazine rings is 1. The van der Waals surface area contributed by atoms with E-state index in [9.17, 15) is 4.79 Å². The molecule has 0 radical (unpaired) electrons. The first-order chi connectivity index (χ1) is 9.49. The molecule has 1 amide bonds. The van der Waals surface area contributed by atoms with Crippen LogP contribution in [0.25, 0.3) is 0 Å². The van der Waals surface area contributed by atoms with E-state index in [1.54, 1.807) is 13.0 Å². The highest BCUT2D eigenvalue weighted by Crippen LogP contribution is 2.26. The van der Waals surface area contributed by atoms with Crippen molar-refractivity contribution in [1.82, 2.24) is 10.2 Å². The molecule has 0 aromatic heterocycles. The fraction of sp³-hybridized carbons (Fsp3) is 0.533. The number of benzene rings is 1. The smallest absolute Gasteiger partial charge is 0.263 e. The minimum Gasteiger partial charge on any atom is -0.479 e. The topological polar surface area (TPSA) is 41.6 Å². The van der Waals surface area contributed by atoms with Crippen LogP contribution in [0.5, 0.6) is 5.75 Å². The van der Waals surface area contributed by atoms with Gasteiger partial charge in [-0.2, -0.15) is 0 Å². The van der Waals surface area contributed by atoms with Crippen LogP contribution in [-0.2, 0) is 4.79 Å². The van der Waals surface area contributed by atoms with Gasteiger partial charge in [0.15, 0.2) is 6.10 Å². The number of carbonyl (C=O) groups is 1. The van der Waals surface area contributed by atoms with E-state index in [0.29, 0.717) is 10.8 Å². The van der Waals surface area contributed by atoms with Crippen molar-refractivity contribution in [3.63, 3.8) is 0 Å². The fourth-order valence-electron chi connectivity index (χ4n) is 2.34. The third kappa shape index (κ3) is 3.44. The van der Waals surface area contributed by atoms with Gasteiger partial charge < -0.3 is 15.0 Å². The Kier molecular flexibility index (Phi) is 4.89. The Morgan fingerprint density at radius 3 is 3.00 bits per heavy atom. The van der Waals surface area contributed by atoms with Crippen LogP contribution in [-0.4, -0.2) is 42.6 Å². The third-order valence-electron chi connectivity index (χ3n) is 3.52. The zero-order valence-electron chi connectivity index (χ0n) is 12.1. The van der Waals surface area contributed by atoms with Crippen LogP contribution in [0.4, 0.5) is 0 Å². The molecule has 1 unspecified atom stereocenters. The molecule has 110 valence electrons. The van der Waals surface area contributed by atoms with E-state index < -0.39 is 6.10 Å². The van der Waals surface area contributed by atoms with E-state index in [1.165, 1.54) is 0 Å². The van der Waals surface area contributed by atoms with Gasteiger partial charge in [0, 0.05) is 25.7 Å². The molecule has 0 aliphatic carbocycles. The maximum Gasteiger partial charge on any atom is 0.263 e. The van der Waals surface area contributed by atoms with Gasteiger partial charge in [-0.3, -0.25) is 4.79 Å². The van der Waals surface area contributed by atoms with Crippen molar-refractivity contribution >= 4 is 17.5 Å². The Hall–Kier alpha value is -1.26. The number of nitrogens with zero attached hydrogens (tertiary/aromatic N) is 1. The average Bonchev–Trinajstić information content (AvgIpc) is 2.42. The molecule has 0 spiro atoms. The van der Waals surface area contributed by atoms with E-state index in [-0.39, 0.29) is 11.9 Å². The Morgan fingerprint density at radius 2 is 2.30 bits per heavy atom. The monoisotopic (exact) mass is 296 g/mol. The molecule has 1 aliphatic rings. The van der Waals surface area contributed by atoms with Gasteiger partial charge in [-0.25, -0.2) is 0 Å². The molecule has 0 saturated carbocycles. The highest BCUT2D eigenvalue weighted by Gasteiger charge is 2.28. The number of hydrogen-bond donors (Lipinski definition) is 1. The van der Waals surface area contributed by atoms with Crippen LogP contribution in [0.15, 0.2) is 18.2 Å². The lowest BCUT2D eigenvalue weighted by Crippen LogP contribution is -2.55. The molecule has 1 saturated heterocycles. The summed E-state index contributed by atoms with van der Waals surface area (Å²) >= 11 is 6.10. The molecular formula is C15H21ClN2O2. The van der Waals surface area contributed by atoms with Crippen LogP contribution in [0, 0.1) is 6.92 Å². The number of carbonyl (C=O) groups excluding carboxylic acids is 1. The van der Waals surface area contributed by atoms with Crippen molar-refractivity contribution in [2.75, 3.05) is 19.6 Å². The summed E-state index contributed by atoms with van der Waals surface area (Å²) in [6, 6.07) is 5.75. The predicted molar refractivity (Wildman–Crippen MR) is 80.3 cm³/mol. The lowest BCUT2D eigenvalue weighted by Gasteiger charge is -2.35. The van der Waals surface area contributed by atoms with Gasteiger partial charge in [0.05, 0.1) is 5.02 Å². The number of aryl methyl sites for hydroxylation is 1. The number of ether oxygens (including phenoxy) is 1. The van der Waals surface area contributed by atoms with E-state index in [4.69, 9.17) is 16.3 Å². The maximum absolute atomic E-state index is 12.4. The summed E-state index contributed by atoms with van der Waals surface area (Å²) in [6.07, 6.45) is -0.533. The summed E-state index contributed by atoms with van der Waals surface area (Å²) in [4.78, 5) is 14.3. The number of hydrogen-bond acceptors (Lipinski definition) is 3. The van der Waals surface area contributed by atoms with E-state index in [1.807, 2.05) is 30.9 Å². The molecule has 1 aliphatic heterocycles. The molecule has 1 fully saturated rings.